The van der Waals surface area contributed by atoms with Crippen LogP contribution in [-0.2, 0) is 7.05 Å². The number of rotatable bonds is 0. The van der Waals surface area contributed by atoms with Crippen molar-refractivity contribution < 1.29 is 0 Å². The van der Waals surface area contributed by atoms with Crippen molar-refractivity contribution in [1.82, 2.24) is 9.55 Å². The Kier molecular flexibility index (Phi) is 1.67. The second-order valence-electron chi connectivity index (χ2n) is 1.90. The predicted octanol–water partition coefficient (Wildman–Crippen LogP) is -0.349. The first-order valence-electron chi connectivity index (χ1n) is 2.63. The molecule has 0 spiro atoms. The zero-order chi connectivity index (χ0) is 7.72. The zero-order valence-corrected chi connectivity index (χ0v) is 6.30. The van der Waals surface area contributed by atoms with Crippen LogP contribution in [0.1, 0.15) is 0 Å². The normalized spacial score (nSPS) is 9.80. The molecule has 4 nitrogen and oxygen atoms in total. The third kappa shape index (κ3) is 0.995. The molecule has 1 aromatic heterocycles. The van der Waals surface area contributed by atoms with Crippen molar-refractivity contribution >= 4 is 18.3 Å². The quantitative estimate of drug-likeness (QED) is 0.400. The third-order valence-electron chi connectivity index (χ3n) is 1.14. The molecule has 0 bridgehead atoms. The maximum Gasteiger partial charge on any atom is 0.277 e. The topological polar surface area (TPSA) is 60.9 Å². The summed E-state index contributed by atoms with van der Waals surface area (Å²) in [5.74, 6) is 0. The fourth-order valence-electron chi connectivity index (χ4n) is 0.549. The number of hydrogen-bond acceptors (Lipinski definition) is 4. The second-order valence-corrected chi connectivity index (χ2v) is 2.32. The molecule has 5 heteroatoms. The van der Waals surface area contributed by atoms with Crippen LogP contribution in [0.5, 0.6) is 0 Å². The number of nitrogens with zero attached hydrogens (tertiary/aromatic N) is 2. The number of aromatic nitrogens is 2. The molecule has 0 aromatic carbocycles. The molecule has 2 N–H and O–H groups in total. The van der Waals surface area contributed by atoms with E-state index in [2.05, 4.69) is 17.6 Å². The summed E-state index contributed by atoms with van der Waals surface area (Å²) < 4.78 is 1.30. The van der Waals surface area contributed by atoms with E-state index in [1.54, 1.807) is 7.05 Å². The van der Waals surface area contributed by atoms with Crippen LogP contribution in [0.2, 0.25) is 0 Å². The summed E-state index contributed by atoms with van der Waals surface area (Å²) in [6, 6.07) is 0. The van der Waals surface area contributed by atoms with Crippen molar-refractivity contribution in [3.8, 4) is 0 Å². The van der Waals surface area contributed by atoms with Gasteiger partial charge in [-0.2, -0.15) is 0 Å². The molecule has 1 rings (SSSR count). The molecule has 0 aliphatic carbocycles. The fourth-order valence-corrected chi connectivity index (χ4v) is 0.696. The maximum absolute atomic E-state index is 10.9. The Bertz CT molecular complexity index is 306. The third-order valence-corrected chi connectivity index (χ3v) is 1.50. The number of aryl methyl sites for hydroxylation is 1. The van der Waals surface area contributed by atoms with E-state index >= 15 is 0 Å². The van der Waals surface area contributed by atoms with Crippen molar-refractivity contribution in [3.63, 3.8) is 0 Å². The number of thiol groups is 1. The van der Waals surface area contributed by atoms with Gasteiger partial charge in [-0.1, -0.05) is 0 Å². The molecule has 54 valence electrons. The van der Waals surface area contributed by atoms with Gasteiger partial charge in [0.1, 0.15) is 10.7 Å². The molecular formula is C5H7N3OS. The largest absolute Gasteiger partial charge is 0.392 e. The van der Waals surface area contributed by atoms with Gasteiger partial charge in [0.05, 0.1) is 6.33 Å². The molecule has 0 saturated heterocycles. The molecule has 0 atom stereocenters. The summed E-state index contributed by atoms with van der Waals surface area (Å²) in [6.07, 6.45) is 1.38. The number of hydrogen-bond donors (Lipinski definition) is 2. The van der Waals surface area contributed by atoms with Gasteiger partial charge in [-0.15, -0.1) is 12.6 Å². The van der Waals surface area contributed by atoms with Gasteiger partial charge in [-0.3, -0.25) is 4.79 Å². The molecule has 0 unspecified atom stereocenters. The molecule has 0 amide bonds. The van der Waals surface area contributed by atoms with Gasteiger partial charge in [0, 0.05) is 7.05 Å². The Hall–Kier alpha value is -0.970. The van der Waals surface area contributed by atoms with Crippen LogP contribution in [0.4, 0.5) is 5.69 Å². The van der Waals surface area contributed by atoms with E-state index in [9.17, 15) is 4.79 Å². The molecule has 1 heterocycles. The Morgan fingerprint density at radius 3 is 2.90 bits per heavy atom. The van der Waals surface area contributed by atoms with Crippen LogP contribution < -0.4 is 11.3 Å². The van der Waals surface area contributed by atoms with E-state index in [0.29, 0.717) is 0 Å². The molecule has 0 aliphatic heterocycles. The lowest BCUT2D eigenvalue weighted by atomic mass is 10.5. The zero-order valence-electron chi connectivity index (χ0n) is 5.40. The van der Waals surface area contributed by atoms with Gasteiger partial charge >= 0.3 is 0 Å². The maximum atomic E-state index is 10.9. The highest BCUT2D eigenvalue weighted by atomic mass is 32.1. The summed E-state index contributed by atoms with van der Waals surface area (Å²) in [5, 5.41) is 0.281. The van der Waals surface area contributed by atoms with Crippen LogP contribution in [-0.4, -0.2) is 9.55 Å². The Morgan fingerprint density at radius 2 is 2.40 bits per heavy atom. The first-order valence-corrected chi connectivity index (χ1v) is 3.07. The van der Waals surface area contributed by atoms with Crippen molar-refractivity contribution in [1.29, 1.82) is 0 Å². The lowest BCUT2D eigenvalue weighted by molar-refractivity contribution is 0.805. The Morgan fingerprint density at radius 1 is 1.80 bits per heavy atom. The highest BCUT2D eigenvalue weighted by Gasteiger charge is 2.00. The van der Waals surface area contributed by atoms with Gasteiger partial charge in [0.15, 0.2) is 0 Å². The molecule has 0 aliphatic rings. The monoisotopic (exact) mass is 157 g/mol. The van der Waals surface area contributed by atoms with E-state index in [0.717, 1.165) is 0 Å². The summed E-state index contributed by atoms with van der Waals surface area (Å²) in [7, 11) is 1.58. The summed E-state index contributed by atoms with van der Waals surface area (Å²) >= 11 is 3.87. The SMILES string of the molecule is Cn1cnc(S)c(N)c1=O. The van der Waals surface area contributed by atoms with Gasteiger partial charge in [0.25, 0.3) is 5.56 Å². The standard InChI is InChI=1S/C5H7N3OS/c1-8-2-7-4(10)3(6)5(8)9/h2,10H,6H2,1H3. The first-order chi connectivity index (χ1) is 4.63. The van der Waals surface area contributed by atoms with Crippen molar-refractivity contribution in [2.45, 2.75) is 5.03 Å². The number of anilines is 1. The van der Waals surface area contributed by atoms with E-state index < -0.39 is 0 Å². The van der Waals surface area contributed by atoms with Crippen LogP contribution in [0, 0.1) is 0 Å². The first kappa shape index (κ1) is 7.14. The average Bonchev–Trinajstić information content (AvgIpc) is 1.93. The molecule has 1 aromatic rings. The van der Waals surface area contributed by atoms with Crippen molar-refractivity contribution in [2.24, 2.45) is 7.05 Å². The van der Waals surface area contributed by atoms with Crippen LogP contribution in [0.15, 0.2) is 16.1 Å². The van der Waals surface area contributed by atoms with E-state index in [4.69, 9.17) is 5.73 Å². The molecular weight excluding hydrogens is 150 g/mol. The number of nitrogens with two attached hydrogens (primary N) is 1. The van der Waals surface area contributed by atoms with Crippen molar-refractivity contribution in [2.75, 3.05) is 5.73 Å². The second kappa shape index (κ2) is 2.34. The lowest BCUT2D eigenvalue weighted by Gasteiger charge is -1.98. The average molecular weight is 157 g/mol. The van der Waals surface area contributed by atoms with Gasteiger partial charge in [-0.25, -0.2) is 4.98 Å². The van der Waals surface area contributed by atoms with Gasteiger partial charge in [-0.05, 0) is 0 Å². The molecule has 0 fully saturated rings. The minimum atomic E-state index is -0.264. The highest BCUT2D eigenvalue weighted by Crippen LogP contribution is 2.04. The fraction of sp³-hybridized carbons (Fsp3) is 0.200. The number of nitrogen functional groups attached to an aromatic ring is 1. The smallest absolute Gasteiger partial charge is 0.277 e. The molecule has 0 radical (unpaired) electrons. The molecule has 10 heavy (non-hydrogen) atoms. The van der Waals surface area contributed by atoms with E-state index in [1.807, 2.05) is 0 Å². The van der Waals surface area contributed by atoms with Crippen LogP contribution >= 0.6 is 12.6 Å². The minimum Gasteiger partial charge on any atom is -0.392 e. The summed E-state index contributed by atoms with van der Waals surface area (Å²) in [4.78, 5) is 14.7. The minimum absolute atomic E-state index is 0.0910. The lowest BCUT2D eigenvalue weighted by Crippen LogP contribution is -2.20. The predicted molar refractivity (Wildman–Crippen MR) is 41.1 cm³/mol. The van der Waals surface area contributed by atoms with Gasteiger partial charge < -0.3 is 10.3 Å². The summed E-state index contributed by atoms with van der Waals surface area (Å²) in [6.45, 7) is 0. The van der Waals surface area contributed by atoms with Crippen LogP contribution in [0.25, 0.3) is 0 Å². The summed E-state index contributed by atoms with van der Waals surface area (Å²) in [5.41, 5.74) is 5.14. The van der Waals surface area contributed by atoms with Crippen molar-refractivity contribution in [3.05, 3.63) is 16.7 Å². The van der Waals surface area contributed by atoms with Crippen LogP contribution in [0.3, 0.4) is 0 Å². The highest BCUT2D eigenvalue weighted by molar-refractivity contribution is 7.80. The van der Waals surface area contributed by atoms with E-state index in [1.165, 1.54) is 10.9 Å². The van der Waals surface area contributed by atoms with E-state index in [-0.39, 0.29) is 16.3 Å². The Balaban J connectivity index is 3.50. The Labute approximate surface area is 63.1 Å². The van der Waals surface area contributed by atoms with Gasteiger partial charge in [0.2, 0.25) is 0 Å². The molecule has 0 saturated carbocycles.